The molecule has 1 saturated carbocycles. The van der Waals surface area contributed by atoms with Gasteiger partial charge in [-0.25, -0.2) is 0 Å². The van der Waals surface area contributed by atoms with Gasteiger partial charge in [0, 0.05) is 31.1 Å². The lowest BCUT2D eigenvalue weighted by atomic mass is 9.81. The van der Waals surface area contributed by atoms with Gasteiger partial charge in [0.1, 0.15) is 0 Å². The summed E-state index contributed by atoms with van der Waals surface area (Å²) < 4.78 is 0. The fraction of sp³-hybridized carbons (Fsp3) is 0.333. The number of nitrogens with two attached hydrogens (primary N) is 2. The Kier molecular flexibility index (Phi) is 8.55. The number of aliphatic imine (C=N–C) groups is 1. The molecule has 35 heavy (non-hydrogen) atoms. The maximum absolute atomic E-state index is 13.7. The van der Waals surface area contributed by atoms with Crippen LogP contribution in [0, 0.1) is 11.8 Å². The van der Waals surface area contributed by atoms with Crippen molar-refractivity contribution in [2.75, 3.05) is 19.6 Å². The zero-order valence-corrected chi connectivity index (χ0v) is 20.3. The molecular formula is C30H36N4O. The highest BCUT2D eigenvalue weighted by Gasteiger charge is 2.28. The minimum absolute atomic E-state index is 0.102. The Morgan fingerprint density at radius 1 is 0.771 bits per heavy atom. The molecule has 3 aromatic rings. The Balaban J connectivity index is 1.55. The molecule has 0 atom stereocenters. The third-order valence-corrected chi connectivity index (χ3v) is 7.09. The van der Waals surface area contributed by atoms with Gasteiger partial charge < -0.3 is 16.4 Å². The smallest absolute Gasteiger partial charge is 0.253 e. The van der Waals surface area contributed by atoms with E-state index in [0.717, 1.165) is 37.8 Å². The van der Waals surface area contributed by atoms with Gasteiger partial charge in [0.05, 0.1) is 0 Å². The first kappa shape index (κ1) is 24.5. The van der Waals surface area contributed by atoms with E-state index in [0.29, 0.717) is 24.9 Å². The van der Waals surface area contributed by atoms with E-state index in [1.165, 1.54) is 11.1 Å². The second-order valence-corrected chi connectivity index (χ2v) is 9.60. The Hall–Kier alpha value is -3.60. The maximum atomic E-state index is 13.7. The van der Waals surface area contributed by atoms with Gasteiger partial charge in [0.2, 0.25) is 0 Å². The van der Waals surface area contributed by atoms with Gasteiger partial charge in [0.25, 0.3) is 5.91 Å². The van der Waals surface area contributed by atoms with E-state index in [-0.39, 0.29) is 17.8 Å². The van der Waals surface area contributed by atoms with Crippen molar-refractivity contribution in [1.29, 1.82) is 0 Å². The third-order valence-electron chi connectivity index (χ3n) is 7.09. The van der Waals surface area contributed by atoms with Crippen LogP contribution < -0.4 is 11.5 Å². The van der Waals surface area contributed by atoms with Crippen LogP contribution in [0.5, 0.6) is 0 Å². The molecule has 0 saturated heterocycles. The number of benzene rings is 3. The summed E-state index contributed by atoms with van der Waals surface area (Å²) in [5.41, 5.74) is 14.2. The van der Waals surface area contributed by atoms with Gasteiger partial charge in [-0.05, 0) is 60.8 Å². The summed E-state index contributed by atoms with van der Waals surface area (Å²) in [5, 5.41) is 0. The predicted octanol–water partition coefficient (Wildman–Crippen LogP) is 5.04. The molecule has 1 aliphatic rings. The summed E-state index contributed by atoms with van der Waals surface area (Å²) in [7, 11) is 0. The van der Waals surface area contributed by atoms with Gasteiger partial charge in [0.15, 0.2) is 5.96 Å². The summed E-state index contributed by atoms with van der Waals surface area (Å²) in [6, 6.07) is 30.7. The number of hydrogen-bond donors (Lipinski definition) is 2. The van der Waals surface area contributed by atoms with Gasteiger partial charge in [-0.1, -0.05) is 78.9 Å². The molecule has 0 spiro atoms. The van der Waals surface area contributed by atoms with Crippen LogP contribution in [0.3, 0.4) is 0 Å². The highest BCUT2D eigenvalue weighted by molar-refractivity contribution is 5.94. The summed E-state index contributed by atoms with van der Waals surface area (Å²) >= 11 is 0. The van der Waals surface area contributed by atoms with E-state index in [4.69, 9.17) is 11.5 Å². The van der Waals surface area contributed by atoms with Crippen molar-refractivity contribution in [3.8, 4) is 0 Å². The van der Waals surface area contributed by atoms with Gasteiger partial charge in [-0.15, -0.1) is 0 Å². The lowest BCUT2D eigenvalue weighted by molar-refractivity contribution is 0.0700. The zero-order chi connectivity index (χ0) is 24.5. The number of amides is 1. The first-order chi connectivity index (χ1) is 17.1. The third kappa shape index (κ3) is 6.95. The molecule has 0 aromatic heterocycles. The second kappa shape index (κ2) is 12.2. The minimum atomic E-state index is 0.102. The number of carbonyl (C=O) groups is 1. The molecule has 1 amide bonds. The number of hydrogen-bond acceptors (Lipinski definition) is 2. The minimum Gasteiger partial charge on any atom is -0.370 e. The number of guanidine groups is 1. The lowest BCUT2D eigenvalue weighted by Crippen LogP contribution is -2.39. The van der Waals surface area contributed by atoms with Crippen molar-refractivity contribution in [2.24, 2.45) is 28.3 Å². The van der Waals surface area contributed by atoms with Gasteiger partial charge >= 0.3 is 0 Å². The largest absolute Gasteiger partial charge is 0.370 e. The Morgan fingerprint density at radius 2 is 1.26 bits per heavy atom. The van der Waals surface area contributed by atoms with Crippen molar-refractivity contribution in [2.45, 2.75) is 31.6 Å². The standard InChI is InChI=1S/C30H36N4O/c31-30(32)33-20-23-16-18-24(19-17-23)21-34(29(35)27-14-8-3-9-15-27)22-28(25-10-4-1-5-11-25)26-12-6-2-7-13-26/h1-15,23-24,28H,16-22H2,(H4,31,32,33). The molecule has 0 aliphatic heterocycles. The number of rotatable bonds is 9. The molecule has 4 rings (SSSR count). The monoisotopic (exact) mass is 468 g/mol. The van der Waals surface area contributed by atoms with E-state index < -0.39 is 0 Å². The van der Waals surface area contributed by atoms with Crippen molar-refractivity contribution < 1.29 is 4.79 Å². The fourth-order valence-corrected chi connectivity index (χ4v) is 5.14. The van der Waals surface area contributed by atoms with Crippen LogP contribution in [-0.4, -0.2) is 36.4 Å². The fourth-order valence-electron chi connectivity index (χ4n) is 5.14. The highest BCUT2D eigenvalue weighted by atomic mass is 16.2. The number of carbonyl (C=O) groups excluding carboxylic acids is 1. The van der Waals surface area contributed by atoms with Crippen molar-refractivity contribution in [3.63, 3.8) is 0 Å². The molecule has 4 N–H and O–H groups in total. The normalized spacial score (nSPS) is 17.6. The summed E-state index contributed by atoms with van der Waals surface area (Å²) in [4.78, 5) is 20.0. The van der Waals surface area contributed by atoms with Crippen LogP contribution in [0.2, 0.25) is 0 Å². The predicted molar refractivity (Wildman–Crippen MR) is 143 cm³/mol. The van der Waals surface area contributed by atoms with Crippen molar-refractivity contribution >= 4 is 11.9 Å². The Labute approximate surface area is 208 Å². The van der Waals surface area contributed by atoms with Crippen LogP contribution >= 0.6 is 0 Å². The molecule has 0 unspecified atom stereocenters. The summed E-state index contributed by atoms with van der Waals surface area (Å²) in [6.45, 7) is 2.11. The summed E-state index contributed by atoms with van der Waals surface area (Å²) in [5.74, 6) is 1.38. The average molecular weight is 469 g/mol. The van der Waals surface area contributed by atoms with Crippen LogP contribution in [-0.2, 0) is 0 Å². The van der Waals surface area contributed by atoms with E-state index in [9.17, 15) is 4.79 Å². The second-order valence-electron chi connectivity index (χ2n) is 9.60. The Bertz CT molecular complexity index is 1030. The van der Waals surface area contributed by atoms with Gasteiger partial charge in [-0.2, -0.15) is 0 Å². The molecular weight excluding hydrogens is 432 g/mol. The quantitative estimate of drug-likeness (QED) is 0.341. The van der Waals surface area contributed by atoms with E-state index in [1.807, 2.05) is 42.5 Å². The van der Waals surface area contributed by atoms with Crippen molar-refractivity contribution in [1.82, 2.24) is 4.90 Å². The molecule has 1 aliphatic carbocycles. The molecule has 3 aromatic carbocycles. The maximum Gasteiger partial charge on any atom is 0.253 e. The van der Waals surface area contributed by atoms with E-state index in [2.05, 4.69) is 58.4 Å². The van der Waals surface area contributed by atoms with Crippen LogP contribution in [0.1, 0.15) is 53.1 Å². The topological polar surface area (TPSA) is 84.7 Å². The van der Waals surface area contributed by atoms with Crippen LogP contribution in [0.15, 0.2) is 96.0 Å². The molecule has 0 bridgehead atoms. The van der Waals surface area contributed by atoms with Gasteiger partial charge in [-0.3, -0.25) is 9.79 Å². The van der Waals surface area contributed by atoms with Crippen LogP contribution in [0.25, 0.3) is 0 Å². The first-order valence-electron chi connectivity index (χ1n) is 12.6. The number of nitrogens with zero attached hydrogens (tertiary/aromatic N) is 2. The van der Waals surface area contributed by atoms with E-state index in [1.54, 1.807) is 0 Å². The molecule has 5 nitrogen and oxygen atoms in total. The van der Waals surface area contributed by atoms with Crippen molar-refractivity contribution in [3.05, 3.63) is 108 Å². The summed E-state index contributed by atoms with van der Waals surface area (Å²) in [6.07, 6.45) is 4.36. The Morgan fingerprint density at radius 3 is 1.77 bits per heavy atom. The molecule has 0 radical (unpaired) electrons. The first-order valence-corrected chi connectivity index (χ1v) is 12.6. The highest BCUT2D eigenvalue weighted by Crippen LogP contribution is 2.32. The van der Waals surface area contributed by atoms with Crippen LogP contribution in [0.4, 0.5) is 0 Å². The van der Waals surface area contributed by atoms with E-state index >= 15 is 0 Å². The zero-order valence-electron chi connectivity index (χ0n) is 20.3. The molecule has 5 heteroatoms. The lowest BCUT2D eigenvalue weighted by Gasteiger charge is -2.34. The SMILES string of the molecule is NC(N)=NCC1CCC(CN(CC(c2ccccc2)c2ccccc2)C(=O)c2ccccc2)CC1. The average Bonchev–Trinajstić information content (AvgIpc) is 2.91. The molecule has 182 valence electrons. The molecule has 0 heterocycles. The molecule has 1 fully saturated rings.